The van der Waals surface area contributed by atoms with Gasteiger partial charge in [0.1, 0.15) is 23.0 Å². The van der Waals surface area contributed by atoms with Crippen molar-refractivity contribution in [2.45, 2.75) is 184 Å². The Morgan fingerprint density at radius 3 is 0.985 bits per heavy atom. The SMILES string of the molecule is OCC1(Nc2cc(NCc3cccnc3)c3ncc(Br)n3c2)CCCC1.OCC1CCCCN1c1cc(NCc2cccnc2)c2ncc(Br)n2c1.OCCC1CCCCN1c1cc(NCc2cccnc2)c2ncc(Br)n2c1.OC[C@@H]1CCCC[C@@H]1Nc1cc(NCc2cccnc2)c2ncc(Br)n2c1.OC[C@H]1CCCC[C@@H]1Nc1cc(NCc2cccnc2)c2ncc(Br)n2c1. The van der Waals surface area contributed by atoms with Crippen molar-refractivity contribution in [1.29, 1.82) is 0 Å². The third-order valence-corrected chi connectivity index (χ3v) is 28.6. The first kappa shape index (κ1) is 95.6. The number of aliphatic hydroxyl groups is 5. The van der Waals surface area contributed by atoms with Crippen LogP contribution in [-0.4, -0.2) is 173 Å². The predicted molar refractivity (Wildman–Crippen MR) is 546 cm³/mol. The lowest BCUT2D eigenvalue weighted by molar-refractivity contribution is 0.178. The van der Waals surface area contributed by atoms with Gasteiger partial charge in [-0.25, -0.2) is 24.9 Å². The van der Waals surface area contributed by atoms with Crippen molar-refractivity contribution in [3.8, 4) is 0 Å². The number of anilines is 10. The summed E-state index contributed by atoms with van der Waals surface area (Å²) in [6.45, 7) is 6.42. The predicted octanol–water partition coefficient (Wildman–Crippen LogP) is 19.3. The molecule has 3 saturated carbocycles. The molecule has 5 fully saturated rings. The molecule has 2 unspecified atom stereocenters. The van der Waals surface area contributed by atoms with E-state index in [0.29, 0.717) is 62.7 Å². The molecule has 13 N–H and O–H groups in total. The number of imidazole rings is 5. The van der Waals surface area contributed by atoms with Gasteiger partial charge >= 0.3 is 0 Å². The minimum Gasteiger partial charge on any atom is -0.396 e. The average molecular weight is 2120 g/mol. The van der Waals surface area contributed by atoms with Crippen LogP contribution in [0.5, 0.6) is 0 Å². The zero-order valence-corrected chi connectivity index (χ0v) is 82.3. The highest BCUT2D eigenvalue weighted by Gasteiger charge is 2.34. The highest BCUT2D eigenvalue weighted by Crippen LogP contribution is 2.40. The molecule has 15 aromatic rings. The summed E-state index contributed by atoms with van der Waals surface area (Å²) >= 11 is 17.9. The van der Waals surface area contributed by atoms with E-state index in [2.05, 4.69) is 266 Å². The Morgan fingerprint density at radius 2 is 0.654 bits per heavy atom. The number of nitrogens with zero attached hydrogens (tertiary/aromatic N) is 17. The number of hydrogen-bond donors (Lipinski definition) is 13. The molecule has 2 saturated heterocycles. The van der Waals surface area contributed by atoms with Gasteiger partial charge < -0.3 is 77.9 Å². The second kappa shape index (κ2) is 47.0. The lowest BCUT2D eigenvalue weighted by Gasteiger charge is -2.37. The normalized spacial score (nSPS) is 18.2. The molecule has 5 aliphatic rings. The number of rotatable bonds is 29. The molecule has 698 valence electrons. The van der Waals surface area contributed by atoms with E-state index >= 15 is 0 Å². The van der Waals surface area contributed by atoms with E-state index in [1.54, 1.807) is 37.2 Å². The third kappa shape index (κ3) is 24.6. The van der Waals surface area contributed by atoms with Gasteiger partial charge in [0, 0.05) is 189 Å². The summed E-state index contributed by atoms with van der Waals surface area (Å²) in [7, 11) is 0. The summed E-state index contributed by atoms with van der Waals surface area (Å²) in [6, 6.07) is 31.7. The molecule has 20 rings (SSSR count). The van der Waals surface area contributed by atoms with Gasteiger partial charge in [-0.3, -0.25) is 46.9 Å². The van der Waals surface area contributed by atoms with Gasteiger partial charge in [0.2, 0.25) is 0 Å². The van der Waals surface area contributed by atoms with Crippen LogP contribution in [0, 0.1) is 11.8 Å². The van der Waals surface area contributed by atoms with Gasteiger partial charge in [-0.1, -0.05) is 68.9 Å². The molecular formula is C98H116Br5N25O5. The Morgan fingerprint density at radius 1 is 0.338 bits per heavy atom. The maximum absolute atomic E-state index is 9.91. The fourth-order valence-electron chi connectivity index (χ4n) is 18.6. The van der Waals surface area contributed by atoms with Crippen LogP contribution in [0.1, 0.15) is 150 Å². The highest BCUT2D eigenvalue weighted by molar-refractivity contribution is 9.11. The van der Waals surface area contributed by atoms with E-state index in [1.165, 1.54) is 44.9 Å². The van der Waals surface area contributed by atoms with Gasteiger partial charge in [-0.05, 0) is 252 Å². The number of halogens is 5. The fourth-order valence-corrected chi connectivity index (χ4v) is 20.5. The fraction of sp³-hybridized carbons (Fsp3) is 0.388. The minimum atomic E-state index is -0.221. The number of aliphatic hydroxyl groups excluding tert-OH is 5. The molecule has 6 atom stereocenters. The number of nitrogens with one attached hydrogen (secondary N) is 8. The van der Waals surface area contributed by atoms with E-state index in [-0.39, 0.29) is 44.6 Å². The molecule has 3 aliphatic carbocycles. The molecule has 35 heteroatoms. The molecule has 30 nitrogen and oxygen atoms in total. The van der Waals surface area contributed by atoms with E-state index in [9.17, 15) is 25.5 Å². The van der Waals surface area contributed by atoms with Crippen molar-refractivity contribution < 1.29 is 25.5 Å². The number of pyridine rings is 10. The van der Waals surface area contributed by atoms with E-state index in [0.717, 1.165) is 226 Å². The van der Waals surface area contributed by atoms with Gasteiger partial charge in [-0.15, -0.1) is 0 Å². The number of hydrogen-bond acceptors (Lipinski definition) is 25. The Labute approximate surface area is 816 Å². The first-order valence-electron chi connectivity index (χ1n) is 46.1. The smallest absolute Gasteiger partial charge is 0.161 e. The van der Waals surface area contributed by atoms with Crippen molar-refractivity contribution >= 4 is 165 Å². The van der Waals surface area contributed by atoms with Crippen LogP contribution in [0.15, 0.2) is 238 Å². The summed E-state index contributed by atoms with van der Waals surface area (Å²) in [5.74, 6) is 0.625. The molecule has 0 bridgehead atoms. The van der Waals surface area contributed by atoms with E-state index < -0.39 is 0 Å². The van der Waals surface area contributed by atoms with Gasteiger partial charge in [0.25, 0.3) is 0 Å². The number of fused-ring (bicyclic) bond motifs is 5. The Bertz CT molecular complexity index is 6040. The molecule has 133 heavy (non-hydrogen) atoms. The van der Waals surface area contributed by atoms with Crippen molar-refractivity contribution in [1.82, 2.24) is 71.8 Å². The summed E-state index contributed by atoms with van der Waals surface area (Å²) in [6.07, 6.45) is 58.8. The van der Waals surface area contributed by atoms with Crippen molar-refractivity contribution in [3.05, 3.63) is 266 Å². The molecule has 0 radical (unpaired) electrons. The molecule has 17 heterocycles. The second-order valence-electron chi connectivity index (χ2n) is 34.7. The average Bonchev–Trinajstić information content (AvgIpc) is 1.65. The standard InChI is InChI=1S/3C20H24BrN5O.2C19H22BrN5O/c21-19-13-24-20-18(23-12-15-4-3-7-22-11-15)10-17(14-26(19)20)25-8-2-1-5-16(25)6-9-27;2*21-19-11-24-20-18(23-10-14-4-3-7-22-9-14)8-16(12-26(19)20)25-17-6-2-1-5-15(17)13-27;20-18-11-23-19-17(22-10-14-4-3-6-21-9-14)8-16(12-25(18)19)24-7-2-1-5-15(24)13-26;20-17-11-23-18-16(22-10-14-4-3-7-21-9-14)8-15(12-25(17)18)24-19(13-26)5-1-2-6-19/h3-4,7,10-11,13-14,16,23,27H,1-2,5-6,8-9,12H2;2*3-4,7-9,11-12,15,17,23,25,27H,1-2,5-6,10,13H2;3-4,6,8-9,11-12,15,22,26H,1-2,5,7,10,13H2;3-4,7-9,11-12,22,24,26H,1-2,5-6,10,13H2/t;15-,17+;15-,17-;;/m.10../s1. The quantitative estimate of drug-likeness (QED) is 0.0207. The number of piperidine rings is 2. The zero-order valence-electron chi connectivity index (χ0n) is 74.3. The minimum absolute atomic E-state index is 0.147. The van der Waals surface area contributed by atoms with Crippen molar-refractivity contribution in [2.24, 2.45) is 11.8 Å². The molecule has 2 aliphatic heterocycles. The highest BCUT2D eigenvalue weighted by atomic mass is 79.9. The first-order chi connectivity index (χ1) is 65.2. The second-order valence-corrected chi connectivity index (χ2v) is 38.8. The monoisotopic (exact) mass is 2120 g/mol. The number of aromatic nitrogens is 15. The largest absolute Gasteiger partial charge is 0.396 e. The lowest BCUT2D eigenvalue weighted by atomic mass is 9.85. The van der Waals surface area contributed by atoms with Crippen molar-refractivity contribution in [2.75, 3.05) is 98.5 Å². The van der Waals surface area contributed by atoms with Crippen LogP contribution in [0.3, 0.4) is 0 Å². The maximum Gasteiger partial charge on any atom is 0.161 e. The van der Waals surface area contributed by atoms with Crippen LogP contribution in [0.4, 0.5) is 56.9 Å². The topological polar surface area (TPSA) is 355 Å². The van der Waals surface area contributed by atoms with Gasteiger partial charge in [0.05, 0.1) is 113 Å². The third-order valence-electron chi connectivity index (χ3n) is 25.7. The van der Waals surface area contributed by atoms with E-state index in [1.807, 2.05) is 116 Å². The van der Waals surface area contributed by atoms with E-state index in [4.69, 9.17) is 0 Å². The molecule has 0 spiro atoms. The molecule has 15 aromatic heterocycles. The summed E-state index contributed by atoms with van der Waals surface area (Å²) < 4.78 is 14.8. The lowest BCUT2D eigenvalue weighted by Crippen LogP contribution is -2.42. The Hall–Kier alpha value is -10.6. The molecule has 0 amide bonds. The van der Waals surface area contributed by atoms with Gasteiger partial charge in [-0.2, -0.15) is 0 Å². The van der Waals surface area contributed by atoms with Gasteiger partial charge in [0.15, 0.2) is 28.2 Å². The van der Waals surface area contributed by atoms with Crippen LogP contribution in [-0.2, 0) is 32.7 Å². The summed E-state index contributed by atoms with van der Waals surface area (Å²) in [5.41, 5.74) is 19.9. The Kier molecular flexibility index (Phi) is 33.8. The maximum atomic E-state index is 9.91. The van der Waals surface area contributed by atoms with Crippen molar-refractivity contribution in [3.63, 3.8) is 0 Å². The zero-order chi connectivity index (χ0) is 91.8. The summed E-state index contributed by atoms with van der Waals surface area (Å²) in [4.78, 5) is 48.2. The molecule has 0 aromatic carbocycles. The van der Waals surface area contributed by atoms with Crippen LogP contribution >= 0.6 is 79.6 Å². The summed E-state index contributed by atoms with van der Waals surface area (Å²) in [5, 5.41) is 76.9. The van der Waals surface area contributed by atoms with Crippen LogP contribution < -0.4 is 52.3 Å². The molecular weight excluding hydrogens is 2010 g/mol. The Balaban J connectivity index is 0.000000121. The van der Waals surface area contributed by atoms with Crippen LogP contribution in [0.2, 0.25) is 0 Å². The first-order valence-corrected chi connectivity index (χ1v) is 50.0. The van der Waals surface area contributed by atoms with Crippen LogP contribution in [0.25, 0.3) is 28.2 Å².